The number of benzene rings is 1. The Labute approximate surface area is 112 Å². The van der Waals surface area contributed by atoms with Gasteiger partial charge in [0.1, 0.15) is 18.0 Å². The van der Waals surface area contributed by atoms with Crippen LogP contribution in [0.25, 0.3) is 0 Å². The number of nitro benzene ring substituents is 1. The minimum Gasteiger partial charge on any atom is -0.496 e. The molecule has 0 atom stereocenters. The number of nitro groups is 1. The molecular weight excluding hydrogens is 281 g/mol. The number of methoxy groups -OCH3 is 1. The van der Waals surface area contributed by atoms with Gasteiger partial charge in [0.2, 0.25) is 0 Å². The molecule has 6 nitrogen and oxygen atoms in total. The van der Waals surface area contributed by atoms with Gasteiger partial charge in [-0.3, -0.25) is 10.1 Å². The second kappa shape index (κ2) is 6.42. The highest BCUT2D eigenvalue weighted by Gasteiger charge is 2.33. The van der Waals surface area contributed by atoms with E-state index in [9.17, 15) is 23.3 Å². The summed E-state index contributed by atoms with van der Waals surface area (Å²) < 4.78 is 42.2. The van der Waals surface area contributed by atoms with Gasteiger partial charge in [-0.1, -0.05) is 0 Å². The van der Waals surface area contributed by atoms with E-state index < -0.39 is 29.9 Å². The summed E-state index contributed by atoms with van der Waals surface area (Å²) in [7, 11) is 1.29. The lowest BCUT2D eigenvalue weighted by atomic mass is 10.2. The van der Waals surface area contributed by atoms with Crippen molar-refractivity contribution in [2.45, 2.75) is 6.18 Å². The van der Waals surface area contributed by atoms with E-state index in [-0.39, 0.29) is 18.0 Å². The number of rotatable bonds is 6. The van der Waals surface area contributed by atoms with Gasteiger partial charge in [0.15, 0.2) is 0 Å². The van der Waals surface area contributed by atoms with Crippen LogP contribution in [0, 0.1) is 10.1 Å². The first-order chi connectivity index (χ1) is 9.28. The van der Waals surface area contributed by atoms with E-state index in [0.717, 1.165) is 6.07 Å². The highest BCUT2D eigenvalue weighted by molar-refractivity contribution is 5.65. The SMILES string of the molecule is COc1ccc(N(CCO)CC(F)(F)F)c([N+](=O)[O-])c1. The van der Waals surface area contributed by atoms with Crippen LogP contribution in [0.15, 0.2) is 18.2 Å². The molecule has 0 aliphatic heterocycles. The predicted octanol–water partition coefficient (Wildman–Crippen LogP) is 1.96. The third-order valence-corrected chi connectivity index (χ3v) is 2.46. The number of aliphatic hydroxyl groups is 1. The fourth-order valence-electron chi connectivity index (χ4n) is 1.67. The standard InChI is InChI=1S/C11H13F3N2O4/c1-20-8-2-3-9(10(6-8)16(18)19)15(4-5-17)7-11(12,13)14/h2-3,6,17H,4-5,7H2,1H3. The lowest BCUT2D eigenvalue weighted by Gasteiger charge is -2.24. The Morgan fingerprint density at radius 1 is 1.45 bits per heavy atom. The van der Waals surface area contributed by atoms with E-state index >= 15 is 0 Å². The van der Waals surface area contributed by atoms with Crippen LogP contribution in [0.2, 0.25) is 0 Å². The van der Waals surface area contributed by atoms with Gasteiger partial charge in [-0.2, -0.15) is 13.2 Å². The van der Waals surface area contributed by atoms with Crippen LogP contribution in [0.3, 0.4) is 0 Å². The van der Waals surface area contributed by atoms with Crippen molar-refractivity contribution in [2.75, 3.05) is 31.7 Å². The summed E-state index contributed by atoms with van der Waals surface area (Å²) in [4.78, 5) is 10.9. The van der Waals surface area contributed by atoms with E-state index in [1.54, 1.807) is 0 Å². The average molecular weight is 294 g/mol. The zero-order chi connectivity index (χ0) is 15.3. The van der Waals surface area contributed by atoms with E-state index in [1.165, 1.54) is 19.2 Å². The first-order valence-corrected chi connectivity index (χ1v) is 5.53. The van der Waals surface area contributed by atoms with Crippen molar-refractivity contribution >= 4 is 11.4 Å². The van der Waals surface area contributed by atoms with Gasteiger partial charge < -0.3 is 14.7 Å². The molecule has 0 aliphatic carbocycles. The molecule has 0 bridgehead atoms. The molecule has 0 fully saturated rings. The molecule has 112 valence electrons. The van der Waals surface area contributed by atoms with Crippen LogP contribution in [-0.2, 0) is 0 Å². The minimum absolute atomic E-state index is 0.163. The van der Waals surface area contributed by atoms with Crippen molar-refractivity contribution in [3.63, 3.8) is 0 Å². The molecule has 0 radical (unpaired) electrons. The highest BCUT2D eigenvalue weighted by atomic mass is 19.4. The Hall–Kier alpha value is -2.03. The first-order valence-electron chi connectivity index (χ1n) is 5.53. The van der Waals surface area contributed by atoms with Gasteiger partial charge in [-0.05, 0) is 12.1 Å². The number of halogens is 3. The summed E-state index contributed by atoms with van der Waals surface area (Å²) >= 11 is 0. The quantitative estimate of drug-likeness (QED) is 0.641. The summed E-state index contributed by atoms with van der Waals surface area (Å²) in [5.41, 5.74) is -0.732. The Balaban J connectivity index is 3.21. The summed E-state index contributed by atoms with van der Waals surface area (Å²) in [5, 5.41) is 19.8. The van der Waals surface area contributed by atoms with Gasteiger partial charge in [0.25, 0.3) is 5.69 Å². The molecule has 0 amide bonds. The van der Waals surface area contributed by atoms with Crippen molar-refractivity contribution in [1.82, 2.24) is 0 Å². The zero-order valence-electron chi connectivity index (χ0n) is 10.6. The number of anilines is 1. The summed E-state index contributed by atoms with van der Waals surface area (Å²) in [6.07, 6.45) is -4.54. The van der Waals surface area contributed by atoms with Gasteiger partial charge in [0.05, 0.1) is 24.7 Å². The van der Waals surface area contributed by atoms with E-state index in [2.05, 4.69) is 0 Å². The summed E-state index contributed by atoms with van der Waals surface area (Å²) in [5.74, 6) is 0.163. The second-order valence-corrected chi connectivity index (χ2v) is 3.87. The van der Waals surface area contributed by atoms with E-state index in [1.807, 2.05) is 0 Å². The lowest BCUT2D eigenvalue weighted by Crippen LogP contribution is -2.36. The Bertz CT molecular complexity index is 479. The van der Waals surface area contributed by atoms with Crippen molar-refractivity contribution in [3.8, 4) is 5.75 Å². The van der Waals surface area contributed by atoms with E-state index in [4.69, 9.17) is 9.84 Å². The maximum absolute atomic E-state index is 12.5. The van der Waals surface area contributed by atoms with Crippen molar-refractivity contribution in [2.24, 2.45) is 0 Å². The van der Waals surface area contributed by atoms with Crippen LogP contribution in [0.5, 0.6) is 5.75 Å². The van der Waals surface area contributed by atoms with Crippen LogP contribution in [-0.4, -0.2) is 43.0 Å². The molecule has 1 aromatic carbocycles. The predicted molar refractivity (Wildman–Crippen MR) is 65.0 cm³/mol. The fourth-order valence-corrected chi connectivity index (χ4v) is 1.67. The van der Waals surface area contributed by atoms with Crippen LogP contribution < -0.4 is 9.64 Å². The van der Waals surface area contributed by atoms with Crippen LogP contribution >= 0.6 is 0 Å². The molecule has 20 heavy (non-hydrogen) atoms. The minimum atomic E-state index is -4.54. The average Bonchev–Trinajstić information content (AvgIpc) is 2.36. The number of hydrogen-bond acceptors (Lipinski definition) is 5. The third-order valence-electron chi connectivity index (χ3n) is 2.46. The Kier molecular flexibility index (Phi) is 5.14. The first kappa shape index (κ1) is 16.0. The van der Waals surface area contributed by atoms with Crippen molar-refractivity contribution in [1.29, 1.82) is 0 Å². The largest absolute Gasteiger partial charge is 0.496 e. The second-order valence-electron chi connectivity index (χ2n) is 3.87. The normalized spacial score (nSPS) is 11.2. The summed E-state index contributed by atoms with van der Waals surface area (Å²) in [6.45, 7) is -2.31. The molecule has 0 aliphatic rings. The van der Waals surface area contributed by atoms with Gasteiger partial charge in [-0.15, -0.1) is 0 Å². The topological polar surface area (TPSA) is 75.8 Å². The van der Waals surface area contributed by atoms with Crippen molar-refractivity contribution in [3.05, 3.63) is 28.3 Å². The molecule has 1 rings (SSSR count). The van der Waals surface area contributed by atoms with Crippen molar-refractivity contribution < 1.29 is 27.9 Å². The van der Waals surface area contributed by atoms with Gasteiger partial charge in [-0.25, -0.2) is 0 Å². The smallest absolute Gasteiger partial charge is 0.405 e. The highest BCUT2D eigenvalue weighted by Crippen LogP contribution is 2.33. The van der Waals surface area contributed by atoms with Gasteiger partial charge in [0, 0.05) is 6.54 Å². The number of nitrogens with zero attached hydrogens (tertiary/aromatic N) is 2. The molecule has 0 heterocycles. The van der Waals surface area contributed by atoms with E-state index in [0.29, 0.717) is 4.90 Å². The Morgan fingerprint density at radius 3 is 2.55 bits per heavy atom. The van der Waals surface area contributed by atoms with Crippen LogP contribution in [0.4, 0.5) is 24.5 Å². The lowest BCUT2D eigenvalue weighted by molar-refractivity contribution is -0.384. The maximum Gasteiger partial charge on any atom is 0.405 e. The molecule has 0 aromatic heterocycles. The number of hydrogen-bond donors (Lipinski definition) is 1. The maximum atomic E-state index is 12.5. The monoisotopic (exact) mass is 294 g/mol. The fraction of sp³-hybridized carbons (Fsp3) is 0.455. The molecule has 1 N–H and O–H groups in total. The van der Waals surface area contributed by atoms with Gasteiger partial charge >= 0.3 is 6.18 Å². The third kappa shape index (κ3) is 4.26. The molecule has 0 spiro atoms. The Morgan fingerprint density at radius 2 is 2.10 bits per heavy atom. The zero-order valence-corrected chi connectivity index (χ0v) is 10.6. The van der Waals surface area contributed by atoms with Crippen LogP contribution in [0.1, 0.15) is 0 Å². The molecule has 0 saturated carbocycles. The number of ether oxygens (including phenoxy) is 1. The molecule has 0 saturated heterocycles. The number of aliphatic hydroxyl groups excluding tert-OH is 1. The molecule has 1 aromatic rings. The molecule has 9 heteroatoms. The summed E-state index contributed by atoms with van der Waals surface area (Å²) in [6, 6.07) is 3.53. The molecule has 0 unspecified atom stereocenters. The molecular formula is C11H13F3N2O4. The number of alkyl halides is 3.